The average Bonchev–Trinajstić information content (AvgIpc) is 1.87. The van der Waals surface area contributed by atoms with Crippen LogP contribution in [0.4, 0.5) is 0 Å². The lowest BCUT2D eigenvalue weighted by Gasteiger charge is -2.14. The number of aliphatic hydroxyl groups is 1. The van der Waals surface area contributed by atoms with Crippen molar-refractivity contribution >= 4 is 17.3 Å². The lowest BCUT2D eigenvalue weighted by atomic mass is 10.1. The summed E-state index contributed by atoms with van der Waals surface area (Å²) in [6, 6.07) is 0. The zero-order valence-corrected chi connectivity index (χ0v) is 8.15. The number of rotatable bonds is 4. The smallest absolute Gasteiger partial charge is 0.162 e. The van der Waals surface area contributed by atoms with Crippen LogP contribution in [0.2, 0.25) is 0 Å². The second-order valence-corrected chi connectivity index (χ2v) is 3.28. The molecular formula is C8H16O2S. The van der Waals surface area contributed by atoms with Crippen LogP contribution in [-0.4, -0.2) is 22.9 Å². The van der Waals surface area contributed by atoms with Gasteiger partial charge in [-0.05, 0) is 25.1 Å². The molecule has 0 heterocycles. The van der Waals surface area contributed by atoms with Crippen LogP contribution in [0.1, 0.15) is 27.2 Å². The highest BCUT2D eigenvalue weighted by atomic mass is 32.1. The van der Waals surface area contributed by atoms with Crippen LogP contribution in [0.15, 0.2) is 0 Å². The standard InChI is InChI=1S/C8H16O2S/c1-4-10-8(11)5-7(9)6(2)3/h6-7,9H,4-5H2,1-3H3. The number of ether oxygens (including phenoxy) is 1. The van der Waals surface area contributed by atoms with Crippen molar-refractivity contribution in [3.8, 4) is 0 Å². The van der Waals surface area contributed by atoms with Gasteiger partial charge in [-0.1, -0.05) is 13.8 Å². The van der Waals surface area contributed by atoms with E-state index in [1.54, 1.807) is 0 Å². The lowest BCUT2D eigenvalue weighted by molar-refractivity contribution is 0.126. The molecule has 1 unspecified atom stereocenters. The van der Waals surface area contributed by atoms with Crippen molar-refractivity contribution in [2.24, 2.45) is 5.92 Å². The highest BCUT2D eigenvalue weighted by molar-refractivity contribution is 7.80. The molecule has 0 aromatic carbocycles. The normalized spacial score (nSPS) is 13.2. The first-order valence-corrected chi connectivity index (χ1v) is 4.32. The first-order valence-electron chi connectivity index (χ1n) is 3.91. The van der Waals surface area contributed by atoms with Gasteiger partial charge in [0, 0.05) is 6.42 Å². The minimum Gasteiger partial charge on any atom is -0.487 e. The van der Waals surface area contributed by atoms with Gasteiger partial charge in [-0.2, -0.15) is 0 Å². The lowest BCUT2D eigenvalue weighted by Crippen LogP contribution is -2.19. The molecule has 0 aromatic rings. The van der Waals surface area contributed by atoms with Gasteiger partial charge in [0.2, 0.25) is 0 Å². The second kappa shape index (κ2) is 5.49. The third-order valence-corrected chi connectivity index (χ3v) is 1.74. The Labute approximate surface area is 73.6 Å². The summed E-state index contributed by atoms with van der Waals surface area (Å²) in [6.45, 7) is 6.39. The molecule has 0 aromatic heterocycles. The topological polar surface area (TPSA) is 29.5 Å². The summed E-state index contributed by atoms with van der Waals surface area (Å²) in [4.78, 5) is 0. The number of hydrogen-bond donors (Lipinski definition) is 1. The molecule has 0 aliphatic carbocycles. The predicted molar refractivity (Wildman–Crippen MR) is 49.7 cm³/mol. The van der Waals surface area contributed by atoms with Gasteiger partial charge >= 0.3 is 0 Å². The van der Waals surface area contributed by atoms with Crippen LogP contribution in [0.5, 0.6) is 0 Å². The Morgan fingerprint density at radius 1 is 1.55 bits per heavy atom. The molecule has 11 heavy (non-hydrogen) atoms. The van der Waals surface area contributed by atoms with Gasteiger partial charge in [0.05, 0.1) is 12.7 Å². The van der Waals surface area contributed by atoms with Crippen LogP contribution in [0, 0.1) is 5.92 Å². The Bertz CT molecular complexity index is 123. The third kappa shape index (κ3) is 5.16. The molecule has 0 aliphatic heterocycles. The molecule has 0 rings (SSSR count). The monoisotopic (exact) mass is 176 g/mol. The molecule has 0 saturated carbocycles. The average molecular weight is 176 g/mol. The molecule has 3 heteroatoms. The minimum absolute atomic E-state index is 0.244. The van der Waals surface area contributed by atoms with E-state index in [1.807, 2.05) is 20.8 Å². The van der Waals surface area contributed by atoms with E-state index in [0.29, 0.717) is 18.1 Å². The quantitative estimate of drug-likeness (QED) is 0.662. The summed E-state index contributed by atoms with van der Waals surface area (Å²) in [5.74, 6) is 0.244. The predicted octanol–water partition coefficient (Wildman–Crippen LogP) is 1.76. The van der Waals surface area contributed by atoms with Gasteiger partial charge in [0.15, 0.2) is 5.05 Å². The molecule has 0 saturated heterocycles. The highest BCUT2D eigenvalue weighted by Crippen LogP contribution is 2.07. The van der Waals surface area contributed by atoms with Crippen LogP contribution < -0.4 is 0 Å². The fourth-order valence-corrected chi connectivity index (χ4v) is 0.915. The van der Waals surface area contributed by atoms with Crippen molar-refractivity contribution in [2.45, 2.75) is 33.3 Å². The van der Waals surface area contributed by atoms with Crippen molar-refractivity contribution in [1.29, 1.82) is 0 Å². The number of thiocarbonyl (C=S) groups is 1. The first-order chi connectivity index (χ1) is 5.07. The van der Waals surface area contributed by atoms with Crippen LogP contribution in [0.3, 0.4) is 0 Å². The molecule has 0 amide bonds. The Morgan fingerprint density at radius 3 is 2.45 bits per heavy atom. The summed E-state index contributed by atoms with van der Waals surface area (Å²) in [5.41, 5.74) is 0. The van der Waals surface area contributed by atoms with Gasteiger partial charge < -0.3 is 9.84 Å². The van der Waals surface area contributed by atoms with Crippen LogP contribution >= 0.6 is 12.2 Å². The Hall–Kier alpha value is -0.150. The van der Waals surface area contributed by atoms with Crippen molar-refractivity contribution in [1.82, 2.24) is 0 Å². The Balaban J connectivity index is 3.57. The third-order valence-electron chi connectivity index (χ3n) is 1.45. The Morgan fingerprint density at radius 2 is 2.09 bits per heavy atom. The fourth-order valence-electron chi connectivity index (χ4n) is 0.626. The molecule has 0 fully saturated rings. The van der Waals surface area contributed by atoms with Crippen molar-refractivity contribution in [3.63, 3.8) is 0 Å². The van der Waals surface area contributed by atoms with Gasteiger partial charge in [-0.3, -0.25) is 0 Å². The van der Waals surface area contributed by atoms with Gasteiger partial charge in [0.25, 0.3) is 0 Å². The molecule has 1 atom stereocenters. The zero-order valence-electron chi connectivity index (χ0n) is 7.33. The molecule has 0 spiro atoms. The summed E-state index contributed by atoms with van der Waals surface area (Å²) in [5, 5.41) is 9.86. The molecule has 0 aliphatic rings. The zero-order chi connectivity index (χ0) is 8.85. The van der Waals surface area contributed by atoms with Crippen LogP contribution in [-0.2, 0) is 4.74 Å². The first kappa shape index (κ1) is 10.8. The van der Waals surface area contributed by atoms with Crippen LogP contribution in [0.25, 0.3) is 0 Å². The van der Waals surface area contributed by atoms with E-state index in [1.165, 1.54) is 0 Å². The van der Waals surface area contributed by atoms with Crippen molar-refractivity contribution in [3.05, 3.63) is 0 Å². The molecular weight excluding hydrogens is 160 g/mol. The molecule has 1 N–H and O–H groups in total. The van der Waals surface area contributed by atoms with E-state index in [-0.39, 0.29) is 12.0 Å². The minimum atomic E-state index is -0.367. The maximum Gasteiger partial charge on any atom is 0.162 e. The van der Waals surface area contributed by atoms with Gasteiger partial charge in [-0.25, -0.2) is 0 Å². The SMILES string of the molecule is CCOC(=S)CC(O)C(C)C. The number of hydrogen-bond acceptors (Lipinski definition) is 3. The molecule has 2 nitrogen and oxygen atoms in total. The summed E-state index contributed by atoms with van der Waals surface area (Å²) < 4.78 is 5.03. The van der Waals surface area contributed by atoms with E-state index in [4.69, 9.17) is 17.0 Å². The maximum atomic E-state index is 9.36. The fraction of sp³-hybridized carbons (Fsp3) is 0.875. The molecule has 66 valence electrons. The summed E-state index contributed by atoms with van der Waals surface area (Å²) in [6.07, 6.45) is 0.106. The van der Waals surface area contributed by atoms with E-state index >= 15 is 0 Å². The van der Waals surface area contributed by atoms with E-state index in [0.717, 1.165) is 0 Å². The molecule has 0 bridgehead atoms. The number of aliphatic hydroxyl groups excluding tert-OH is 1. The van der Waals surface area contributed by atoms with Crippen molar-refractivity contribution < 1.29 is 9.84 Å². The van der Waals surface area contributed by atoms with Gasteiger partial charge in [0.1, 0.15) is 0 Å². The van der Waals surface area contributed by atoms with Crippen molar-refractivity contribution in [2.75, 3.05) is 6.61 Å². The largest absolute Gasteiger partial charge is 0.487 e. The molecule has 0 radical (unpaired) electrons. The van der Waals surface area contributed by atoms with E-state index in [9.17, 15) is 5.11 Å². The summed E-state index contributed by atoms with van der Waals surface area (Å²) >= 11 is 4.87. The highest BCUT2D eigenvalue weighted by Gasteiger charge is 2.11. The van der Waals surface area contributed by atoms with E-state index < -0.39 is 0 Å². The maximum absolute atomic E-state index is 9.36. The van der Waals surface area contributed by atoms with Gasteiger partial charge in [-0.15, -0.1) is 0 Å². The van der Waals surface area contributed by atoms with E-state index in [2.05, 4.69) is 0 Å². The second-order valence-electron chi connectivity index (χ2n) is 2.82. The Kier molecular flexibility index (Phi) is 5.42. The summed E-state index contributed by atoms with van der Waals surface area (Å²) in [7, 11) is 0.